The number of nitrogens with two attached hydrogens (primary N) is 1. The van der Waals surface area contributed by atoms with E-state index in [-0.39, 0.29) is 5.82 Å². The van der Waals surface area contributed by atoms with E-state index in [0.717, 1.165) is 24.3 Å². The highest BCUT2D eigenvalue weighted by molar-refractivity contribution is 9.10. The Morgan fingerprint density at radius 1 is 1.38 bits per heavy atom. The molecule has 1 aromatic carbocycles. The number of benzene rings is 1. The number of hydrogen-bond acceptors (Lipinski definition) is 3. The number of nitrogen functional groups attached to an aromatic ring is 1. The fourth-order valence-electron chi connectivity index (χ4n) is 1.75. The first-order chi connectivity index (χ1) is 7.66. The molecule has 1 fully saturated rings. The van der Waals surface area contributed by atoms with E-state index in [1.165, 1.54) is 6.07 Å². The molecule has 1 aromatic rings. The number of thioether (sulfide) groups is 1. The summed E-state index contributed by atoms with van der Waals surface area (Å²) in [7, 11) is 0. The number of halogens is 2. The third kappa shape index (κ3) is 2.83. The molecule has 2 rings (SSSR count). The second kappa shape index (κ2) is 5.27. The molecule has 0 aliphatic carbocycles. The van der Waals surface area contributed by atoms with Crippen LogP contribution >= 0.6 is 27.7 Å². The summed E-state index contributed by atoms with van der Waals surface area (Å²) < 4.78 is 13.8. The molecular weight excluding hydrogens is 291 g/mol. The van der Waals surface area contributed by atoms with Crippen LogP contribution in [0.15, 0.2) is 16.6 Å². The van der Waals surface area contributed by atoms with Gasteiger partial charge in [-0.2, -0.15) is 11.8 Å². The highest BCUT2D eigenvalue weighted by Crippen LogP contribution is 2.29. The van der Waals surface area contributed by atoms with Crippen molar-refractivity contribution in [3.8, 4) is 0 Å². The van der Waals surface area contributed by atoms with Crippen LogP contribution in [0.2, 0.25) is 0 Å². The quantitative estimate of drug-likeness (QED) is 0.822. The first-order valence-electron chi connectivity index (χ1n) is 5.25. The SMILES string of the molecule is Nc1cc(Br)c(F)cc1NC1CCSCC1. The fourth-order valence-corrected chi connectivity index (χ4v) is 3.22. The molecule has 16 heavy (non-hydrogen) atoms. The maximum absolute atomic E-state index is 13.4. The lowest BCUT2D eigenvalue weighted by Gasteiger charge is -2.24. The lowest BCUT2D eigenvalue weighted by molar-refractivity contribution is 0.619. The summed E-state index contributed by atoms with van der Waals surface area (Å²) in [4.78, 5) is 0. The van der Waals surface area contributed by atoms with Crippen molar-refractivity contribution in [3.63, 3.8) is 0 Å². The summed E-state index contributed by atoms with van der Waals surface area (Å²) >= 11 is 5.09. The average molecular weight is 305 g/mol. The molecule has 0 unspecified atom stereocenters. The van der Waals surface area contributed by atoms with Gasteiger partial charge in [0.15, 0.2) is 0 Å². The van der Waals surface area contributed by atoms with Crippen LogP contribution in [-0.4, -0.2) is 17.5 Å². The van der Waals surface area contributed by atoms with Gasteiger partial charge in [0.1, 0.15) is 5.82 Å². The molecule has 1 aliphatic heterocycles. The minimum absolute atomic E-state index is 0.276. The number of hydrogen-bond donors (Lipinski definition) is 2. The Balaban J connectivity index is 2.11. The summed E-state index contributed by atoms with van der Waals surface area (Å²) in [5.74, 6) is 2.05. The van der Waals surface area contributed by atoms with Crippen LogP contribution in [0.1, 0.15) is 12.8 Å². The van der Waals surface area contributed by atoms with E-state index in [2.05, 4.69) is 21.2 Å². The van der Waals surface area contributed by atoms with Gasteiger partial charge < -0.3 is 11.1 Å². The minimum Gasteiger partial charge on any atom is -0.397 e. The summed E-state index contributed by atoms with van der Waals surface area (Å²) in [6, 6.07) is 3.49. The lowest BCUT2D eigenvalue weighted by Crippen LogP contribution is -2.25. The van der Waals surface area contributed by atoms with Crippen molar-refractivity contribution in [3.05, 3.63) is 22.4 Å². The molecule has 88 valence electrons. The molecule has 0 saturated carbocycles. The molecule has 0 spiro atoms. The van der Waals surface area contributed by atoms with Crippen molar-refractivity contribution in [2.75, 3.05) is 22.6 Å². The number of rotatable bonds is 2. The van der Waals surface area contributed by atoms with E-state index in [1.807, 2.05) is 11.8 Å². The van der Waals surface area contributed by atoms with Crippen molar-refractivity contribution in [2.45, 2.75) is 18.9 Å². The van der Waals surface area contributed by atoms with Gasteiger partial charge in [-0.25, -0.2) is 4.39 Å². The molecule has 0 bridgehead atoms. The molecule has 2 nitrogen and oxygen atoms in total. The van der Waals surface area contributed by atoms with Crippen molar-refractivity contribution in [2.24, 2.45) is 0 Å². The maximum atomic E-state index is 13.4. The Morgan fingerprint density at radius 2 is 2.06 bits per heavy atom. The van der Waals surface area contributed by atoms with Gasteiger partial charge in [0, 0.05) is 12.1 Å². The van der Waals surface area contributed by atoms with Crippen LogP contribution in [0.25, 0.3) is 0 Å². The van der Waals surface area contributed by atoms with Crippen LogP contribution in [-0.2, 0) is 0 Å². The van der Waals surface area contributed by atoms with Crippen LogP contribution in [0.5, 0.6) is 0 Å². The summed E-state index contributed by atoms with van der Waals surface area (Å²) in [5.41, 5.74) is 7.14. The Hall–Kier alpha value is -0.420. The van der Waals surface area contributed by atoms with E-state index >= 15 is 0 Å². The van der Waals surface area contributed by atoms with E-state index < -0.39 is 0 Å². The monoisotopic (exact) mass is 304 g/mol. The van der Waals surface area contributed by atoms with E-state index in [4.69, 9.17) is 5.73 Å². The zero-order valence-electron chi connectivity index (χ0n) is 8.80. The molecule has 1 saturated heterocycles. The van der Waals surface area contributed by atoms with Gasteiger partial charge in [0.2, 0.25) is 0 Å². The fraction of sp³-hybridized carbons (Fsp3) is 0.455. The van der Waals surface area contributed by atoms with Gasteiger partial charge in [-0.15, -0.1) is 0 Å². The Bertz CT molecular complexity index is 380. The molecule has 3 N–H and O–H groups in total. The number of anilines is 2. The molecule has 0 radical (unpaired) electrons. The van der Waals surface area contributed by atoms with Crippen molar-refractivity contribution in [1.82, 2.24) is 0 Å². The van der Waals surface area contributed by atoms with Gasteiger partial charge in [-0.3, -0.25) is 0 Å². The third-order valence-electron chi connectivity index (χ3n) is 2.67. The van der Waals surface area contributed by atoms with Gasteiger partial charge in [0.05, 0.1) is 15.8 Å². The predicted octanol–water partition coefficient (Wildman–Crippen LogP) is 3.48. The van der Waals surface area contributed by atoms with E-state index in [9.17, 15) is 4.39 Å². The highest BCUT2D eigenvalue weighted by Gasteiger charge is 2.15. The molecule has 1 aliphatic rings. The molecule has 0 atom stereocenters. The first-order valence-corrected chi connectivity index (χ1v) is 7.20. The topological polar surface area (TPSA) is 38.0 Å². The zero-order valence-corrected chi connectivity index (χ0v) is 11.2. The molecule has 0 amide bonds. The van der Waals surface area contributed by atoms with Crippen molar-refractivity contribution in [1.29, 1.82) is 0 Å². The second-order valence-electron chi connectivity index (χ2n) is 3.88. The first kappa shape index (κ1) is 12.0. The molecule has 0 aromatic heterocycles. The third-order valence-corrected chi connectivity index (χ3v) is 4.33. The average Bonchev–Trinajstić information content (AvgIpc) is 2.27. The normalized spacial score (nSPS) is 17.4. The van der Waals surface area contributed by atoms with E-state index in [0.29, 0.717) is 21.9 Å². The second-order valence-corrected chi connectivity index (χ2v) is 5.96. The Labute approximate surface area is 107 Å². The van der Waals surface area contributed by atoms with Gasteiger partial charge >= 0.3 is 0 Å². The summed E-state index contributed by atoms with van der Waals surface area (Å²) in [6.45, 7) is 0. The van der Waals surface area contributed by atoms with Crippen molar-refractivity contribution < 1.29 is 4.39 Å². The van der Waals surface area contributed by atoms with E-state index in [1.54, 1.807) is 6.07 Å². The van der Waals surface area contributed by atoms with Gasteiger partial charge in [-0.1, -0.05) is 0 Å². The Morgan fingerprint density at radius 3 is 2.75 bits per heavy atom. The lowest BCUT2D eigenvalue weighted by atomic mass is 10.1. The minimum atomic E-state index is -0.276. The standard InChI is InChI=1S/C11H14BrFN2S/c12-8-5-10(14)11(6-9(8)13)15-7-1-3-16-4-2-7/h5-7,15H,1-4,14H2. The highest BCUT2D eigenvalue weighted by atomic mass is 79.9. The predicted molar refractivity (Wildman–Crippen MR) is 72.5 cm³/mol. The van der Waals surface area contributed by atoms with Crippen LogP contribution in [0, 0.1) is 5.82 Å². The van der Waals surface area contributed by atoms with Gasteiger partial charge in [0.25, 0.3) is 0 Å². The molecule has 5 heteroatoms. The van der Waals surface area contributed by atoms with Gasteiger partial charge in [-0.05, 0) is 46.3 Å². The summed E-state index contributed by atoms with van der Waals surface area (Å²) in [5, 5.41) is 3.32. The zero-order chi connectivity index (χ0) is 11.5. The largest absolute Gasteiger partial charge is 0.397 e. The smallest absolute Gasteiger partial charge is 0.139 e. The van der Waals surface area contributed by atoms with Crippen molar-refractivity contribution >= 4 is 39.1 Å². The van der Waals surface area contributed by atoms with Crippen LogP contribution in [0.4, 0.5) is 15.8 Å². The maximum Gasteiger partial charge on any atom is 0.139 e. The van der Waals surface area contributed by atoms with Crippen LogP contribution in [0.3, 0.4) is 0 Å². The Kier molecular flexibility index (Phi) is 3.97. The van der Waals surface area contributed by atoms with Crippen LogP contribution < -0.4 is 11.1 Å². The molecule has 1 heterocycles. The molecular formula is C11H14BrFN2S. The summed E-state index contributed by atoms with van der Waals surface area (Å²) in [6.07, 6.45) is 2.23. The number of nitrogens with one attached hydrogen (secondary N) is 1.